The van der Waals surface area contributed by atoms with E-state index in [1.165, 1.54) is 6.21 Å². The molecule has 3 N–H and O–H groups in total. The molecule has 1 heterocycles. The van der Waals surface area contributed by atoms with Crippen LogP contribution in [0.15, 0.2) is 65.9 Å². The van der Waals surface area contributed by atoms with E-state index in [2.05, 4.69) is 26.0 Å². The number of benzene rings is 2. The van der Waals surface area contributed by atoms with Gasteiger partial charge >= 0.3 is 0 Å². The van der Waals surface area contributed by atoms with Gasteiger partial charge in [0, 0.05) is 21.7 Å². The van der Waals surface area contributed by atoms with E-state index < -0.39 is 5.91 Å². The van der Waals surface area contributed by atoms with Gasteiger partial charge in [0.15, 0.2) is 0 Å². The van der Waals surface area contributed by atoms with E-state index >= 15 is 0 Å². The lowest BCUT2D eigenvalue weighted by Gasteiger charge is -2.04. The maximum absolute atomic E-state index is 11.9. The Morgan fingerprint density at radius 2 is 1.85 bits per heavy atom. The van der Waals surface area contributed by atoms with Crippen LogP contribution in [0.2, 0.25) is 5.02 Å². The van der Waals surface area contributed by atoms with Gasteiger partial charge in [-0.1, -0.05) is 41.9 Å². The summed E-state index contributed by atoms with van der Waals surface area (Å²) in [5.41, 5.74) is 5.27. The van der Waals surface area contributed by atoms with Crippen LogP contribution in [0.3, 0.4) is 0 Å². The van der Waals surface area contributed by atoms with Crippen LogP contribution in [0.1, 0.15) is 15.9 Å². The first-order chi connectivity index (χ1) is 13.1. The monoisotopic (exact) mass is 381 g/mol. The van der Waals surface area contributed by atoms with Gasteiger partial charge in [0.05, 0.1) is 24.7 Å². The van der Waals surface area contributed by atoms with Gasteiger partial charge in [-0.15, -0.1) is 0 Å². The summed E-state index contributed by atoms with van der Waals surface area (Å²) < 4.78 is 0. The highest BCUT2D eigenvalue weighted by Gasteiger charge is 2.08. The third kappa shape index (κ3) is 5.02. The molecule has 2 aromatic carbocycles. The third-order valence-electron chi connectivity index (χ3n) is 3.64. The molecule has 0 saturated carbocycles. The van der Waals surface area contributed by atoms with Gasteiger partial charge < -0.3 is 5.32 Å². The Morgan fingerprint density at radius 3 is 2.59 bits per heavy atom. The number of hydrogen-bond acceptors (Lipinski definition) is 4. The minimum atomic E-state index is -0.446. The summed E-state index contributed by atoms with van der Waals surface area (Å²) in [7, 11) is 0. The molecule has 8 heteroatoms. The van der Waals surface area contributed by atoms with Crippen molar-refractivity contribution < 1.29 is 9.59 Å². The van der Waals surface area contributed by atoms with Crippen molar-refractivity contribution in [2.75, 3.05) is 6.54 Å². The number of hydrogen-bond donors (Lipinski definition) is 3. The summed E-state index contributed by atoms with van der Waals surface area (Å²) in [5.74, 6) is -0.815. The number of hydrazone groups is 1. The second-order valence-electron chi connectivity index (χ2n) is 5.55. The van der Waals surface area contributed by atoms with Crippen molar-refractivity contribution in [3.63, 3.8) is 0 Å². The Hall–Kier alpha value is -3.45. The van der Waals surface area contributed by atoms with Crippen LogP contribution in [0.4, 0.5) is 0 Å². The molecule has 0 aliphatic carbocycles. The molecule has 2 amide bonds. The summed E-state index contributed by atoms with van der Waals surface area (Å²) in [5, 5.41) is 13.9. The van der Waals surface area contributed by atoms with Gasteiger partial charge in [-0.3, -0.25) is 14.7 Å². The van der Waals surface area contributed by atoms with E-state index in [9.17, 15) is 9.59 Å². The fraction of sp³-hybridized carbons (Fsp3) is 0.0526. The van der Waals surface area contributed by atoms with Gasteiger partial charge in [0.1, 0.15) is 0 Å². The number of nitrogens with zero attached hydrogens (tertiary/aromatic N) is 2. The zero-order valence-corrected chi connectivity index (χ0v) is 14.9. The fourth-order valence-corrected chi connectivity index (χ4v) is 2.43. The Balaban J connectivity index is 1.52. The number of amides is 2. The standard InChI is InChI=1S/C19H16ClN5O2/c20-16-8-6-14(7-9-16)19(27)21-12-17(26)24-22-10-15-11-23-25-18(15)13-4-2-1-3-5-13/h1-11H,12H2,(H,21,27)(H,23,25)(H,24,26)/b22-10+. The average molecular weight is 382 g/mol. The van der Waals surface area contributed by atoms with Gasteiger partial charge in [0.2, 0.25) is 0 Å². The number of halogens is 1. The first-order valence-corrected chi connectivity index (χ1v) is 8.46. The topological polar surface area (TPSA) is 99.2 Å². The number of carbonyl (C=O) groups excluding carboxylic acids is 2. The van der Waals surface area contributed by atoms with Crippen molar-refractivity contribution in [2.45, 2.75) is 0 Å². The van der Waals surface area contributed by atoms with Crippen molar-refractivity contribution in [1.82, 2.24) is 20.9 Å². The van der Waals surface area contributed by atoms with Gasteiger partial charge in [-0.2, -0.15) is 10.2 Å². The SMILES string of the molecule is O=C(CNC(=O)c1ccc(Cl)cc1)N/N=C/c1cn[nH]c1-c1ccccc1. The fourth-order valence-electron chi connectivity index (χ4n) is 2.31. The van der Waals surface area contributed by atoms with Crippen LogP contribution in [-0.4, -0.2) is 34.8 Å². The minimum Gasteiger partial charge on any atom is -0.343 e. The molecule has 0 atom stereocenters. The highest BCUT2D eigenvalue weighted by atomic mass is 35.5. The van der Waals surface area contributed by atoms with E-state index in [0.29, 0.717) is 10.6 Å². The molecule has 1 aromatic heterocycles. The summed E-state index contributed by atoms with van der Waals surface area (Å²) in [6, 6.07) is 16.0. The molecular formula is C19H16ClN5O2. The molecule has 0 saturated heterocycles. The first-order valence-electron chi connectivity index (χ1n) is 8.08. The van der Waals surface area contributed by atoms with Gasteiger partial charge in [0.25, 0.3) is 11.8 Å². The highest BCUT2D eigenvalue weighted by Crippen LogP contribution is 2.18. The van der Waals surface area contributed by atoms with Crippen molar-refractivity contribution in [1.29, 1.82) is 0 Å². The zero-order chi connectivity index (χ0) is 19.1. The molecule has 0 fully saturated rings. The Bertz CT molecular complexity index is 952. The number of H-pyrrole nitrogens is 1. The molecule has 0 unspecified atom stereocenters. The molecule has 0 aliphatic rings. The summed E-state index contributed by atoms with van der Waals surface area (Å²) >= 11 is 5.78. The minimum absolute atomic E-state index is 0.199. The van der Waals surface area contributed by atoms with Crippen LogP contribution in [0.25, 0.3) is 11.3 Å². The molecule has 0 aliphatic heterocycles. The predicted molar refractivity (Wildman–Crippen MR) is 104 cm³/mol. The van der Waals surface area contributed by atoms with E-state index in [4.69, 9.17) is 11.6 Å². The van der Waals surface area contributed by atoms with E-state index in [1.54, 1.807) is 30.5 Å². The second-order valence-corrected chi connectivity index (χ2v) is 5.99. The number of rotatable bonds is 6. The molecule has 136 valence electrons. The number of carbonyl (C=O) groups is 2. The Morgan fingerprint density at radius 1 is 1.11 bits per heavy atom. The molecule has 27 heavy (non-hydrogen) atoms. The molecule has 0 bridgehead atoms. The highest BCUT2D eigenvalue weighted by molar-refractivity contribution is 6.30. The van der Waals surface area contributed by atoms with Crippen molar-refractivity contribution in [2.24, 2.45) is 5.10 Å². The average Bonchev–Trinajstić information content (AvgIpc) is 3.16. The number of nitrogens with one attached hydrogen (secondary N) is 3. The summed E-state index contributed by atoms with van der Waals surface area (Å²) in [6.45, 7) is -0.199. The van der Waals surface area contributed by atoms with Crippen LogP contribution in [-0.2, 0) is 4.79 Å². The molecule has 0 spiro atoms. The molecule has 3 rings (SSSR count). The van der Waals surface area contributed by atoms with Crippen molar-refractivity contribution in [3.8, 4) is 11.3 Å². The molecular weight excluding hydrogens is 366 g/mol. The van der Waals surface area contributed by atoms with E-state index in [0.717, 1.165) is 16.8 Å². The maximum atomic E-state index is 11.9. The van der Waals surface area contributed by atoms with Crippen LogP contribution in [0, 0.1) is 0 Å². The zero-order valence-electron chi connectivity index (χ0n) is 14.1. The van der Waals surface area contributed by atoms with Crippen molar-refractivity contribution >= 4 is 29.6 Å². The van der Waals surface area contributed by atoms with E-state index in [-0.39, 0.29) is 12.5 Å². The molecule has 7 nitrogen and oxygen atoms in total. The lowest BCUT2D eigenvalue weighted by Crippen LogP contribution is -2.34. The lowest BCUT2D eigenvalue weighted by atomic mass is 10.1. The number of aromatic nitrogens is 2. The first kappa shape index (κ1) is 18.3. The Kier molecular flexibility index (Phi) is 5.96. The largest absolute Gasteiger partial charge is 0.343 e. The molecule has 0 radical (unpaired) electrons. The van der Waals surface area contributed by atoms with Crippen molar-refractivity contribution in [3.05, 3.63) is 76.9 Å². The van der Waals surface area contributed by atoms with Gasteiger partial charge in [-0.25, -0.2) is 5.43 Å². The number of aromatic amines is 1. The summed E-state index contributed by atoms with van der Waals surface area (Å²) in [4.78, 5) is 23.8. The second kappa shape index (κ2) is 8.77. The van der Waals surface area contributed by atoms with Gasteiger partial charge in [-0.05, 0) is 24.3 Å². The van der Waals surface area contributed by atoms with Crippen LogP contribution < -0.4 is 10.7 Å². The van der Waals surface area contributed by atoms with Crippen LogP contribution in [0.5, 0.6) is 0 Å². The normalized spacial score (nSPS) is 10.7. The predicted octanol–water partition coefficient (Wildman–Crippen LogP) is 2.61. The Labute approximate surface area is 160 Å². The third-order valence-corrected chi connectivity index (χ3v) is 3.89. The lowest BCUT2D eigenvalue weighted by molar-refractivity contribution is -0.120. The van der Waals surface area contributed by atoms with E-state index in [1.807, 2.05) is 30.3 Å². The quantitative estimate of drug-likeness (QED) is 0.452. The summed E-state index contributed by atoms with van der Waals surface area (Å²) in [6.07, 6.45) is 3.10. The maximum Gasteiger partial charge on any atom is 0.259 e. The van der Waals surface area contributed by atoms with Crippen LogP contribution >= 0.6 is 11.6 Å². The molecule has 3 aromatic rings. The smallest absolute Gasteiger partial charge is 0.259 e.